The van der Waals surface area contributed by atoms with Crippen LogP contribution in [-0.4, -0.2) is 7.11 Å². The first-order valence-electron chi connectivity index (χ1n) is 5.46. The first kappa shape index (κ1) is 15.0. The molecule has 1 nitrogen and oxygen atoms in total. The molecule has 0 radical (unpaired) electrons. The second kappa shape index (κ2) is 6.36. The largest absolute Gasteiger partial charge is 0.496 e. The van der Waals surface area contributed by atoms with Crippen LogP contribution in [-0.2, 0) is 0 Å². The van der Waals surface area contributed by atoms with Gasteiger partial charge in [-0.1, -0.05) is 35.3 Å². The van der Waals surface area contributed by atoms with E-state index >= 15 is 0 Å². The van der Waals surface area contributed by atoms with Gasteiger partial charge in [0.1, 0.15) is 5.75 Å². The van der Waals surface area contributed by atoms with Gasteiger partial charge < -0.3 is 4.74 Å². The maximum atomic E-state index is 6.52. The van der Waals surface area contributed by atoms with E-state index in [1.807, 2.05) is 18.2 Å². The topological polar surface area (TPSA) is 9.23 Å². The molecule has 2 rings (SSSR count). The number of benzene rings is 2. The van der Waals surface area contributed by atoms with Crippen LogP contribution in [0.25, 0.3) is 0 Å². The fraction of sp³-hybridized carbons (Fsp3) is 0.143. The zero-order valence-corrected chi connectivity index (χ0v) is 13.8. The summed E-state index contributed by atoms with van der Waals surface area (Å²) in [6.45, 7) is 0. The van der Waals surface area contributed by atoms with Crippen molar-refractivity contribution in [3.8, 4) is 5.75 Å². The maximum absolute atomic E-state index is 6.52. The second-order valence-corrected chi connectivity index (χ2v) is 6.00. The van der Waals surface area contributed by atoms with Gasteiger partial charge in [0.15, 0.2) is 0 Å². The van der Waals surface area contributed by atoms with E-state index in [4.69, 9.17) is 39.5 Å². The third kappa shape index (κ3) is 3.19. The molecule has 2 aromatic carbocycles. The summed E-state index contributed by atoms with van der Waals surface area (Å²) in [6.07, 6.45) is 0. The van der Waals surface area contributed by atoms with Crippen molar-refractivity contribution in [3.05, 3.63) is 62.0 Å². The molecule has 0 N–H and O–H groups in total. The van der Waals surface area contributed by atoms with Gasteiger partial charge in [-0.15, -0.1) is 11.6 Å². The van der Waals surface area contributed by atoms with Crippen molar-refractivity contribution in [3.63, 3.8) is 0 Å². The summed E-state index contributed by atoms with van der Waals surface area (Å²) in [5.74, 6) is 0.681. The minimum absolute atomic E-state index is 0.432. The number of methoxy groups -OCH3 is 1. The van der Waals surface area contributed by atoms with Crippen molar-refractivity contribution in [2.75, 3.05) is 7.11 Å². The van der Waals surface area contributed by atoms with Crippen molar-refractivity contribution in [1.29, 1.82) is 0 Å². The second-order valence-electron chi connectivity index (χ2n) is 3.89. The number of ether oxygens (including phenoxy) is 1. The molecule has 0 aliphatic heterocycles. The zero-order valence-electron chi connectivity index (χ0n) is 9.96. The summed E-state index contributed by atoms with van der Waals surface area (Å²) in [6, 6.07) is 11.0. The van der Waals surface area contributed by atoms with Crippen molar-refractivity contribution in [2.45, 2.75) is 5.38 Å². The van der Waals surface area contributed by atoms with E-state index in [-0.39, 0.29) is 0 Å². The van der Waals surface area contributed by atoms with Crippen LogP contribution in [0.5, 0.6) is 5.75 Å². The normalized spacial score (nSPS) is 12.3. The predicted molar refractivity (Wildman–Crippen MR) is 84.9 cm³/mol. The number of rotatable bonds is 3. The molecule has 2 aromatic rings. The molecule has 1 unspecified atom stereocenters. The summed E-state index contributed by atoms with van der Waals surface area (Å²) >= 11 is 22.2. The Hall–Kier alpha value is -0.410. The minimum atomic E-state index is -0.432. The van der Waals surface area contributed by atoms with Crippen LogP contribution >= 0.6 is 50.7 Å². The minimum Gasteiger partial charge on any atom is -0.496 e. The van der Waals surface area contributed by atoms with E-state index in [1.165, 1.54) is 0 Å². The Kier molecular flexibility index (Phi) is 5.02. The van der Waals surface area contributed by atoms with Gasteiger partial charge in [0.05, 0.1) is 17.5 Å². The third-order valence-electron chi connectivity index (χ3n) is 2.72. The lowest BCUT2D eigenvalue weighted by Gasteiger charge is -2.16. The highest BCUT2D eigenvalue weighted by molar-refractivity contribution is 9.10. The maximum Gasteiger partial charge on any atom is 0.123 e. The van der Waals surface area contributed by atoms with Crippen LogP contribution in [0, 0.1) is 0 Å². The monoisotopic (exact) mass is 378 g/mol. The first-order chi connectivity index (χ1) is 9.04. The number of alkyl halides is 1. The average Bonchev–Trinajstić information content (AvgIpc) is 2.41. The summed E-state index contributed by atoms with van der Waals surface area (Å²) in [4.78, 5) is 0. The fourth-order valence-electron chi connectivity index (χ4n) is 1.79. The molecular formula is C14H10BrCl3O. The molecule has 0 bridgehead atoms. The van der Waals surface area contributed by atoms with E-state index in [1.54, 1.807) is 25.3 Å². The Bertz CT molecular complexity index is 601. The van der Waals surface area contributed by atoms with Gasteiger partial charge in [-0.05, 0) is 45.8 Å². The summed E-state index contributed by atoms with van der Waals surface area (Å²) in [5.41, 5.74) is 1.59. The molecule has 1 atom stereocenters. The molecule has 0 aliphatic carbocycles. The van der Waals surface area contributed by atoms with E-state index in [0.29, 0.717) is 15.8 Å². The molecule has 100 valence electrons. The molecule has 0 saturated heterocycles. The Morgan fingerprint density at radius 2 is 1.84 bits per heavy atom. The molecule has 0 aromatic heterocycles. The van der Waals surface area contributed by atoms with Gasteiger partial charge in [0, 0.05) is 15.1 Å². The molecule has 0 fully saturated rings. The Morgan fingerprint density at radius 3 is 2.53 bits per heavy atom. The van der Waals surface area contributed by atoms with Gasteiger partial charge >= 0.3 is 0 Å². The molecule has 0 spiro atoms. The molecule has 0 aliphatic rings. The standard InChI is InChI=1S/C14H10BrCl3O/c1-19-12-6-5-8(16)7-10(12)13(17)9-3-2-4-11(15)14(9)18/h2-7,13H,1H3. The van der Waals surface area contributed by atoms with Crippen molar-refractivity contribution >= 4 is 50.7 Å². The van der Waals surface area contributed by atoms with Crippen molar-refractivity contribution in [1.82, 2.24) is 0 Å². The van der Waals surface area contributed by atoms with Crippen LogP contribution in [0.1, 0.15) is 16.5 Å². The SMILES string of the molecule is COc1ccc(Cl)cc1C(Cl)c1cccc(Br)c1Cl. The average molecular weight is 380 g/mol. The number of halogens is 4. The van der Waals surface area contributed by atoms with E-state index in [2.05, 4.69) is 15.9 Å². The lowest BCUT2D eigenvalue weighted by molar-refractivity contribution is 0.410. The number of hydrogen-bond acceptors (Lipinski definition) is 1. The lowest BCUT2D eigenvalue weighted by Crippen LogP contribution is -1.98. The van der Waals surface area contributed by atoms with Gasteiger partial charge in [-0.3, -0.25) is 0 Å². The third-order valence-corrected chi connectivity index (χ3v) is 4.74. The summed E-state index contributed by atoms with van der Waals surface area (Å²) in [7, 11) is 1.60. The van der Waals surface area contributed by atoms with Gasteiger partial charge in [-0.25, -0.2) is 0 Å². The molecular weight excluding hydrogens is 370 g/mol. The summed E-state index contributed by atoms with van der Waals surface area (Å²) in [5, 5.41) is 0.760. The van der Waals surface area contributed by atoms with Crippen molar-refractivity contribution in [2.24, 2.45) is 0 Å². The predicted octanol–water partition coefficient (Wildman–Crippen LogP) is 6.09. The molecule has 0 heterocycles. The zero-order chi connectivity index (χ0) is 14.0. The van der Waals surface area contributed by atoms with Gasteiger partial charge in [-0.2, -0.15) is 0 Å². The van der Waals surface area contributed by atoms with Crippen LogP contribution in [0.3, 0.4) is 0 Å². The van der Waals surface area contributed by atoms with Crippen molar-refractivity contribution < 1.29 is 4.74 Å². The van der Waals surface area contributed by atoms with Crippen LogP contribution in [0.15, 0.2) is 40.9 Å². The Morgan fingerprint density at radius 1 is 1.11 bits per heavy atom. The van der Waals surface area contributed by atoms with Gasteiger partial charge in [0.2, 0.25) is 0 Å². The molecule has 0 saturated carbocycles. The highest BCUT2D eigenvalue weighted by atomic mass is 79.9. The van der Waals surface area contributed by atoms with Crippen LogP contribution < -0.4 is 4.74 Å². The lowest BCUT2D eigenvalue weighted by atomic mass is 10.0. The van der Waals surface area contributed by atoms with E-state index in [9.17, 15) is 0 Å². The molecule has 19 heavy (non-hydrogen) atoms. The first-order valence-corrected chi connectivity index (χ1v) is 7.44. The highest BCUT2D eigenvalue weighted by Gasteiger charge is 2.19. The van der Waals surface area contributed by atoms with Crippen LogP contribution in [0.2, 0.25) is 10.0 Å². The van der Waals surface area contributed by atoms with Crippen LogP contribution in [0.4, 0.5) is 0 Å². The fourth-order valence-corrected chi connectivity index (χ4v) is 2.99. The van der Waals surface area contributed by atoms with E-state index in [0.717, 1.165) is 15.6 Å². The molecule has 5 heteroatoms. The smallest absolute Gasteiger partial charge is 0.123 e. The highest BCUT2D eigenvalue weighted by Crippen LogP contribution is 2.41. The Labute approximate surface area is 135 Å². The quantitative estimate of drug-likeness (QED) is 0.585. The van der Waals surface area contributed by atoms with Gasteiger partial charge in [0.25, 0.3) is 0 Å². The Balaban J connectivity index is 2.52. The van der Waals surface area contributed by atoms with E-state index < -0.39 is 5.38 Å². The summed E-state index contributed by atoms with van der Waals surface area (Å²) < 4.78 is 6.12. The number of hydrogen-bond donors (Lipinski definition) is 0. The molecule has 0 amide bonds.